The SMILES string of the molecule is COc1cc([C@H]2C(=C(O)c3ccccc3)C(=O)C(=O)N2CC[NH+](C)C)ccc1O. The third-order valence-electron chi connectivity index (χ3n) is 4.96. The van der Waals surface area contributed by atoms with Gasteiger partial charge in [-0.2, -0.15) is 0 Å². The molecule has 3 N–H and O–H groups in total. The summed E-state index contributed by atoms with van der Waals surface area (Å²) < 4.78 is 5.19. The van der Waals surface area contributed by atoms with Crippen LogP contribution in [0.2, 0.25) is 0 Å². The Morgan fingerprint density at radius 2 is 1.83 bits per heavy atom. The van der Waals surface area contributed by atoms with Crippen molar-refractivity contribution in [3.63, 3.8) is 0 Å². The highest BCUT2D eigenvalue weighted by Gasteiger charge is 2.46. The number of likely N-dealkylation sites (N-methyl/N-ethyl adjacent to an activating group) is 1. The summed E-state index contributed by atoms with van der Waals surface area (Å²) in [5.41, 5.74) is 1.06. The first-order chi connectivity index (χ1) is 13.8. The van der Waals surface area contributed by atoms with Crippen molar-refractivity contribution in [3.8, 4) is 11.5 Å². The van der Waals surface area contributed by atoms with Gasteiger partial charge in [-0.05, 0) is 17.7 Å². The van der Waals surface area contributed by atoms with E-state index in [9.17, 15) is 19.8 Å². The molecule has 0 radical (unpaired) electrons. The number of nitrogens with one attached hydrogen (secondary N) is 1. The number of ketones is 1. The number of carbonyl (C=O) groups is 2. The van der Waals surface area contributed by atoms with Crippen LogP contribution in [0.5, 0.6) is 11.5 Å². The molecule has 7 heteroatoms. The Labute approximate surface area is 169 Å². The van der Waals surface area contributed by atoms with Gasteiger partial charge in [-0.15, -0.1) is 0 Å². The van der Waals surface area contributed by atoms with Crippen LogP contribution in [0.15, 0.2) is 54.1 Å². The van der Waals surface area contributed by atoms with Crippen LogP contribution in [0.25, 0.3) is 5.76 Å². The Hall–Kier alpha value is -3.32. The molecule has 7 nitrogen and oxygen atoms in total. The number of phenols is 1. The normalized spacial score (nSPS) is 18.5. The highest BCUT2D eigenvalue weighted by atomic mass is 16.5. The minimum absolute atomic E-state index is 0.0303. The molecular formula is C22H25N2O5+. The van der Waals surface area contributed by atoms with Crippen LogP contribution in [0, 0.1) is 0 Å². The molecule has 0 saturated carbocycles. The smallest absolute Gasteiger partial charge is 0.295 e. The standard InChI is InChI=1S/C22H24N2O5/c1-23(2)11-12-24-19(15-9-10-16(25)17(13-15)29-3)18(21(27)22(24)28)20(26)14-7-5-4-6-8-14/h4-10,13,19,25-26H,11-12H2,1-3H3/p+1/t19-/m0/s1. The van der Waals surface area contributed by atoms with E-state index < -0.39 is 17.7 Å². The van der Waals surface area contributed by atoms with Crippen molar-refractivity contribution in [2.45, 2.75) is 6.04 Å². The predicted octanol–water partition coefficient (Wildman–Crippen LogP) is 0.967. The lowest BCUT2D eigenvalue weighted by Crippen LogP contribution is -3.06. The van der Waals surface area contributed by atoms with Crippen LogP contribution >= 0.6 is 0 Å². The summed E-state index contributed by atoms with van der Waals surface area (Å²) in [5, 5.41) is 20.9. The lowest BCUT2D eigenvalue weighted by molar-refractivity contribution is -0.857. The predicted molar refractivity (Wildman–Crippen MR) is 108 cm³/mol. The van der Waals surface area contributed by atoms with E-state index >= 15 is 0 Å². The maximum atomic E-state index is 12.9. The molecule has 0 aliphatic carbocycles. The average Bonchev–Trinajstić information content (AvgIpc) is 2.97. The molecule has 0 aromatic heterocycles. The van der Waals surface area contributed by atoms with Crippen molar-refractivity contribution in [3.05, 3.63) is 65.2 Å². The Kier molecular flexibility index (Phi) is 5.89. The molecule has 1 aliphatic heterocycles. The second-order valence-electron chi connectivity index (χ2n) is 7.25. The van der Waals surface area contributed by atoms with E-state index in [1.807, 2.05) is 14.1 Å². The number of Topliss-reactive ketones (excluding diaryl/α,β-unsaturated/α-hetero) is 1. The third kappa shape index (κ3) is 3.95. The number of carbonyl (C=O) groups excluding carboxylic acids is 2. The molecule has 1 amide bonds. The Balaban J connectivity index is 2.17. The Bertz CT molecular complexity index is 953. The molecule has 0 spiro atoms. The van der Waals surface area contributed by atoms with Gasteiger partial charge >= 0.3 is 0 Å². The summed E-state index contributed by atoms with van der Waals surface area (Å²) in [4.78, 5) is 28.3. The molecule has 1 heterocycles. The molecule has 152 valence electrons. The number of ether oxygens (including phenoxy) is 1. The van der Waals surface area contributed by atoms with Gasteiger partial charge in [0.1, 0.15) is 5.76 Å². The van der Waals surface area contributed by atoms with Gasteiger partial charge in [0.15, 0.2) is 11.5 Å². The first kappa shape index (κ1) is 20.4. The summed E-state index contributed by atoms with van der Waals surface area (Å²) in [6, 6.07) is 12.6. The molecule has 0 unspecified atom stereocenters. The van der Waals surface area contributed by atoms with Crippen molar-refractivity contribution in [2.75, 3.05) is 34.3 Å². The zero-order chi connectivity index (χ0) is 21.1. The van der Waals surface area contributed by atoms with Gasteiger partial charge in [-0.1, -0.05) is 36.4 Å². The number of methoxy groups -OCH3 is 1. The second-order valence-corrected chi connectivity index (χ2v) is 7.25. The lowest BCUT2D eigenvalue weighted by Gasteiger charge is -2.26. The minimum Gasteiger partial charge on any atom is -0.507 e. The third-order valence-corrected chi connectivity index (χ3v) is 4.96. The van der Waals surface area contributed by atoms with E-state index in [0.29, 0.717) is 24.2 Å². The maximum absolute atomic E-state index is 12.9. The van der Waals surface area contributed by atoms with Gasteiger partial charge in [-0.3, -0.25) is 9.59 Å². The van der Waals surface area contributed by atoms with Gasteiger partial charge in [0, 0.05) is 5.56 Å². The van der Waals surface area contributed by atoms with Crippen molar-refractivity contribution >= 4 is 17.4 Å². The number of benzene rings is 2. The Morgan fingerprint density at radius 3 is 2.45 bits per heavy atom. The average molecular weight is 397 g/mol. The number of nitrogens with zero attached hydrogens (tertiary/aromatic N) is 1. The van der Waals surface area contributed by atoms with E-state index in [4.69, 9.17) is 4.74 Å². The molecule has 1 aliphatic rings. The molecule has 29 heavy (non-hydrogen) atoms. The zero-order valence-electron chi connectivity index (χ0n) is 16.7. The summed E-state index contributed by atoms with van der Waals surface area (Å²) in [6.07, 6.45) is 0. The van der Waals surface area contributed by atoms with Crippen LogP contribution in [0.3, 0.4) is 0 Å². The van der Waals surface area contributed by atoms with Crippen molar-refractivity contribution in [1.82, 2.24) is 4.90 Å². The van der Waals surface area contributed by atoms with E-state index in [1.54, 1.807) is 42.5 Å². The topological polar surface area (TPSA) is 91.5 Å². The van der Waals surface area contributed by atoms with Crippen LogP contribution in [0.1, 0.15) is 17.2 Å². The largest absolute Gasteiger partial charge is 0.507 e. The van der Waals surface area contributed by atoms with Gasteiger partial charge in [0.05, 0.1) is 45.9 Å². The fraction of sp³-hybridized carbons (Fsp3) is 0.273. The number of rotatable bonds is 6. The van der Waals surface area contributed by atoms with Crippen molar-refractivity contribution in [1.29, 1.82) is 0 Å². The van der Waals surface area contributed by atoms with Crippen LogP contribution in [0.4, 0.5) is 0 Å². The number of aromatic hydroxyl groups is 1. The highest BCUT2D eigenvalue weighted by molar-refractivity contribution is 6.46. The number of quaternary nitrogens is 1. The molecule has 2 aromatic rings. The van der Waals surface area contributed by atoms with E-state index in [-0.39, 0.29) is 22.8 Å². The minimum atomic E-state index is -0.774. The number of aliphatic hydroxyl groups excluding tert-OH is 1. The Morgan fingerprint density at radius 1 is 1.14 bits per heavy atom. The van der Waals surface area contributed by atoms with Crippen LogP contribution in [-0.2, 0) is 9.59 Å². The number of likely N-dealkylation sites (tertiary alicyclic amines) is 1. The van der Waals surface area contributed by atoms with Gasteiger partial charge in [-0.25, -0.2) is 0 Å². The van der Waals surface area contributed by atoms with Gasteiger partial charge in [0.25, 0.3) is 11.7 Å². The summed E-state index contributed by atoms with van der Waals surface area (Å²) in [6.45, 7) is 0.969. The van der Waals surface area contributed by atoms with E-state index in [1.165, 1.54) is 18.1 Å². The second kappa shape index (κ2) is 8.36. The first-order valence-corrected chi connectivity index (χ1v) is 9.35. The highest BCUT2D eigenvalue weighted by Crippen LogP contribution is 2.41. The van der Waals surface area contributed by atoms with Crippen molar-refractivity contribution in [2.24, 2.45) is 0 Å². The number of aliphatic hydroxyl groups is 1. The monoisotopic (exact) mass is 397 g/mol. The zero-order valence-corrected chi connectivity index (χ0v) is 16.7. The lowest BCUT2D eigenvalue weighted by atomic mass is 9.95. The summed E-state index contributed by atoms with van der Waals surface area (Å²) in [7, 11) is 5.34. The fourth-order valence-electron chi connectivity index (χ4n) is 3.42. The first-order valence-electron chi connectivity index (χ1n) is 9.35. The van der Waals surface area contributed by atoms with Crippen LogP contribution < -0.4 is 9.64 Å². The van der Waals surface area contributed by atoms with Gasteiger partial charge in [0.2, 0.25) is 0 Å². The van der Waals surface area contributed by atoms with E-state index in [2.05, 4.69) is 0 Å². The number of hydrogen-bond acceptors (Lipinski definition) is 5. The van der Waals surface area contributed by atoms with Gasteiger partial charge < -0.3 is 24.7 Å². The molecular weight excluding hydrogens is 372 g/mol. The number of hydrogen-bond donors (Lipinski definition) is 3. The van der Waals surface area contributed by atoms with Crippen molar-refractivity contribution < 1.29 is 29.4 Å². The molecule has 1 fully saturated rings. The molecule has 1 saturated heterocycles. The summed E-state index contributed by atoms with van der Waals surface area (Å²) in [5.74, 6) is -1.42. The molecule has 0 bridgehead atoms. The molecule has 2 aromatic carbocycles. The van der Waals surface area contributed by atoms with E-state index in [0.717, 1.165) is 4.90 Å². The maximum Gasteiger partial charge on any atom is 0.295 e. The summed E-state index contributed by atoms with van der Waals surface area (Å²) >= 11 is 0. The number of amides is 1. The quantitative estimate of drug-likeness (QED) is 0.384. The number of phenolic OH excluding ortho intramolecular Hbond substituents is 1. The van der Waals surface area contributed by atoms with Crippen LogP contribution in [-0.4, -0.2) is 61.1 Å². The molecule has 1 atom stereocenters. The fourth-order valence-corrected chi connectivity index (χ4v) is 3.42. The molecule has 3 rings (SSSR count).